The van der Waals surface area contributed by atoms with Crippen LogP contribution in [0.25, 0.3) is 0 Å². The first-order valence-electron chi connectivity index (χ1n) is 7.91. The molecule has 1 N–H and O–H groups in total. The van der Waals surface area contributed by atoms with Gasteiger partial charge in [0.15, 0.2) is 15.8 Å². The molecule has 0 radical (unpaired) electrons. The van der Waals surface area contributed by atoms with Crippen LogP contribution >= 0.6 is 0 Å². The van der Waals surface area contributed by atoms with Crippen LogP contribution in [0.1, 0.15) is 25.0 Å². The van der Waals surface area contributed by atoms with Crippen molar-refractivity contribution in [3.63, 3.8) is 0 Å². The first kappa shape index (κ1) is 20.5. The quantitative estimate of drug-likeness (QED) is 0.475. The molecule has 0 aliphatic carbocycles. The predicted octanol–water partition coefficient (Wildman–Crippen LogP) is 2.43. The average Bonchev–Trinajstić information content (AvgIpc) is 2.51. The van der Waals surface area contributed by atoms with Crippen LogP contribution in [-0.4, -0.2) is 49.9 Å². The summed E-state index contributed by atoms with van der Waals surface area (Å²) >= 11 is 0. The van der Waals surface area contributed by atoms with E-state index in [4.69, 9.17) is 0 Å². The summed E-state index contributed by atoms with van der Waals surface area (Å²) in [5, 5.41) is 2.81. The van der Waals surface area contributed by atoms with Gasteiger partial charge in [-0.2, -0.15) is 13.2 Å². The molecule has 1 aromatic carbocycles. The van der Waals surface area contributed by atoms with E-state index < -0.39 is 32.1 Å². The largest absolute Gasteiger partial charge is 0.416 e. The lowest BCUT2D eigenvalue weighted by Crippen LogP contribution is -2.57. The molecule has 1 aromatic rings. The lowest BCUT2D eigenvalue weighted by atomic mass is 10.1. The molecule has 0 saturated carbocycles. The van der Waals surface area contributed by atoms with E-state index in [-0.39, 0.29) is 31.0 Å². The zero-order valence-corrected chi connectivity index (χ0v) is 15.5. The summed E-state index contributed by atoms with van der Waals surface area (Å²) < 4.78 is 75.6. The number of hydrogen-bond donors (Lipinski definition) is 1. The molecule has 1 fully saturated rings. The lowest BCUT2D eigenvalue weighted by Gasteiger charge is -2.39. The fraction of sp³-hybridized carbons (Fsp3) is 0.562. The predicted molar refractivity (Wildman–Crippen MR) is 91.0 cm³/mol. The topological polar surface area (TPSA) is 61.8 Å². The minimum Gasteiger partial charge on any atom is -0.352 e. The number of sulfone groups is 1. The lowest BCUT2D eigenvalue weighted by molar-refractivity contribution is -0.138. The Hall–Kier alpha value is -1.84. The number of hydrogen-bond acceptors (Lipinski definition) is 3. The Labute approximate surface area is 150 Å². The molecule has 1 heterocycles. The van der Waals surface area contributed by atoms with Crippen LogP contribution in [0.15, 0.2) is 23.2 Å². The smallest absolute Gasteiger partial charge is 0.352 e. The highest BCUT2D eigenvalue weighted by Crippen LogP contribution is 2.32. The maximum absolute atomic E-state index is 13.2. The minimum absolute atomic E-state index is 0.0644. The molecule has 0 amide bonds. The number of benzene rings is 1. The van der Waals surface area contributed by atoms with Crippen molar-refractivity contribution < 1.29 is 26.0 Å². The Morgan fingerprint density at radius 3 is 2.54 bits per heavy atom. The molecule has 1 aliphatic rings. The molecule has 0 atom stereocenters. The number of guanidine groups is 1. The van der Waals surface area contributed by atoms with Gasteiger partial charge in [-0.25, -0.2) is 12.8 Å². The Bertz CT molecular complexity index is 804. The van der Waals surface area contributed by atoms with E-state index in [0.29, 0.717) is 12.0 Å². The number of alkyl halides is 3. The standard InChI is InChI=1S/C16H21F4N3O2S/c1-15(2)10-23(6-7-26(15,24)25)14(21-3)22-9-11-4-5-12(17)8-13(11)16(18,19)20/h4-5,8H,6-7,9-10H2,1-3H3,(H,21,22). The van der Waals surface area contributed by atoms with Crippen LogP contribution in [0.5, 0.6) is 0 Å². The van der Waals surface area contributed by atoms with E-state index in [9.17, 15) is 26.0 Å². The second kappa shape index (κ2) is 7.05. The first-order chi connectivity index (χ1) is 11.9. The fourth-order valence-electron chi connectivity index (χ4n) is 2.80. The van der Waals surface area contributed by atoms with Crippen LogP contribution < -0.4 is 5.32 Å². The van der Waals surface area contributed by atoms with Crippen molar-refractivity contribution in [2.24, 2.45) is 4.99 Å². The van der Waals surface area contributed by atoms with Gasteiger partial charge in [-0.05, 0) is 31.5 Å². The highest BCUT2D eigenvalue weighted by molar-refractivity contribution is 7.92. The van der Waals surface area contributed by atoms with Gasteiger partial charge in [-0.3, -0.25) is 4.99 Å². The van der Waals surface area contributed by atoms with Gasteiger partial charge in [0, 0.05) is 26.7 Å². The summed E-state index contributed by atoms with van der Waals surface area (Å²) in [6.07, 6.45) is -4.68. The Kier molecular flexibility index (Phi) is 5.55. The van der Waals surface area contributed by atoms with Gasteiger partial charge in [-0.15, -0.1) is 0 Å². The summed E-state index contributed by atoms with van der Waals surface area (Å²) in [7, 11) is -1.78. The molecular weight excluding hydrogens is 374 g/mol. The third-order valence-corrected chi connectivity index (χ3v) is 6.90. The average molecular weight is 395 g/mol. The summed E-state index contributed by atoms with van der Waals surface area (Å²) in [4.78, 5) is 5.72. The Morgan fingerprint density at radius 2 is 2.00 bits per heavy atom. The highest BCUT2D eigenvalue weighted by Gasteiger charge is 2.41. The van der Waals surface area contributed by atoms with E-state index >= 15 is 0 Å². The maximum atomic E-state index is 13.2. The number of halogens is 4. The number of nitrogens with one attached hydrogen (secondary N) is 1. The molecule has 0 aromatic heterocycles. The molecule has 26 heavy (non-hydrogen) atoms. The van der Waals surface area contributed by atoms with Crippen molar-refractivity contribution in [1.82, 2.24) is 10.2 Å². The summed E-state index contributed by atoms with van der Waals surface area (Å²) in [5.74, 6) is -0.732. The highest BCUT2D eigenvalue weighted by atomic mass is 32.2. The number of aliphatic imine (C=N–C) groups is 1. The third-order valence-electron chi connectivity index (χ3n) is 4.37. The maximum Gasteiger partial charge on any atom is 0.416 e. The summed E-state index contributed by atoms with van der Waals surface area (Å²) in [6, 6.07) is 2.49. The Balaban J connectivity index is 2.17. The molecule has 2 rings (SSSR count). The molecule has 0 unspecified atom stereocenters. The van der Waals surface area contributed by atoms with E-state index in [1.54, 1.807) is 18.7 Å². The second-order valence-corrected chi connectivity index (χ2v) is 9.44. The van der Waals surface area contributed by atoms with Crippen LogP contribution in [-0.2, 0) is 22.6 Å². The van der Waals surface area contributed by atoms with Crippen molar-refractivity contribution >= 4 is 15.8 Å². The summed E-state index contributed by atoms with van der Waals surface area (Å²) in [5.41, 5.74) is -1.18. The van der Waals surface area contributed by atoms with Crippen LogP contribution in [0.4, 0.5) is 17.6 Å². The number of rotatable bonds is 2. The minimum atomic E-state index is -4.68. The third kappa shape index (κ3) is 4.28. The molecule has 146 valence electrons. The van der Waals surface area contributed by atoms with Crippen molar-refractivity contribution in [1.29, 1.82) is 0 Å². The SMILES string of the molecule is CN=C(NCc1ccc(F)cc1C(F)(F)F)N1CCS(=O)(=O)C(C)(C)C1. The van der Waals surface area contributed by atoms with E-state index in [2.05, 4.69) is 10.3 Å². The van der Waals surface area contributed by atoms with E-state index in [1.165, 1.54) is 7.05 Å². The van der Waals surface area contributed by atoms with Crippen LogP contribution in [0.3, 0.4) is 0 Å². The van der Waals surface area contributed by atoms with Crippen LogP contribution in [0.2, 0.25) is 0 Å². The normalized spacial score (nSPS) is 20.1. The molecule has 5 nitrogen and oxygen atoms in total. The number of nitrogens with zero attached hydrogens (tertiary/aromatic N) is 2. The molecule has 0 spiro atoms. The van der Waals surface area contributed by atoms with E-state index in [0.717, 1.165) is 12.1 Å². The monoisotopic (exact) mass is 395 g/mol. The Morgan fingerprint density at radius 1 is 1.35 bits per heavy atom. The summed E-state index contributed by atoms with van der Waals surface area (Å²) in [6.45, 7) is 3.35. The van der Waals surface area contributed by atoms with Gasteiger partial charge < -0.3 is 10.2 Å². The van der Waals surface area contributed by atoms with Crippen molar-refractivity contribution in [3.8, 4) is 0 Å². The molecule has 10 heteroatoms. The first-order valence-corrected chi connectivity index (χ1v) is 9.56. The molecule has 1 saturated heterocycles. The van der Waals surface area contributed by atoms with E-state index in [1.807, 2.05) is 0 Å². The zero-order chi connectivity index (χ0) is 19.8. The van der Waals surface area contributed by atoms with Gasteiger partial charge in [0.2, 0.25) is 0 Å². The van der Waals surface area contributed by atoms with Crippen molar-refractivity contribution in [3.05, 3.63) is 35.1 Å². The second-order valence-electron chi connectivity index (χ2n) is 6.70. The molecular formula is C16H21F4N3O2S. The van der Waals surface area contributed by atoms with Crippen molar-refractivity contribution in [2.45, 2.75) is 31.3 Å². The zero-order valence-electron chi connectivity index (χ0n) is 14.7. The fourth-order valence-corrected chi connectivity index (χ4v) is 4.16. The van der Waals surface area contributed by atoms with Gasteiger partial charge in [0.1, 0.15) is 5.82 Å². The van der Waals surface area contributed by atoms with Crippen LogP contribution in [0, 0.1) is 5.82 Å². The van der Waals surface area contributed by atoms with Crippen molar-refractivity contribution in [2.75, 3.05) is 25.9 Å². The van der Waals surface area contributed by atoms with Gasteiger partial charge in [0.25, 0.3) is 0 Å². The van der Waals surface area contributed by atoms with Gasteiger partial charge >= 0.3 is 6.18 Å². The molecule has 0 bridgehead atoms. The van der Waals surface area contributed by atoms with Gasteiger partial charge in [0.05, 0.1) is 16.1 Å². The van der Waals surface area contributed by atoms with Gasteiger partial charge in [-0.1, -0.05) is 6.07 Å². The molecule has 1 aliphatic heterocycles.